The number of likely N-dealkylation sites (tertiary alicyclic amines) is 1. The summed E-state index contributed by atoms with van der Waals surface area (Å²) in [6.45, 7) is 1.65. The summed E-state index contributed by atoms with van der Waals surface area (Å²) in [7, 11) is 0. The van der Waals surface area contributed by atoms with Gasteiger partial charge in [-0.25, -0.2) is 0 Å². The van der Waals surface area contributed by atoms with E-state index in [-0.39, 0.29) is 0 Å². The molecule has 0 aromatic carbocycles. The van der Waals surface area contributed by atoms with Crippen molar-refractivity contribution in [2.45, 2.75) is 38.1 Å². The third kappa shape index (κ3) is 1.70. The normalized spacial score (nSPS) is 30.4. The number of nitrogens with two attached hydrogens (primary N) is 1. The van der Waals surface area contributed by atoms with E-state index in [0.29, 0.717) is 17.9 Å². The Bertz CT molecular complexity index is 201. The van der Waals surface area contributed by atoms with Gasteiger partial charge in [-0.3, -0.25) is 4.79 Å². The van der Waals surface area contributed by atoms with Gasteiger partial charge in [0, 0.05) is 19.0 Å². The van der Waals surface area contributed by atoms with E-state index in [1.807, 2.05) is 0 Å². The van der Waals surface area contributed by atoms with Gasteiger partial charge in [0.15, 0.2) is 0 Å². The van der Waals surface area contributed by atoms with Crippen LogP contribution in [0.1, 0.15) is 32.1 Å². The standard InChI is InChI=1S/C10H18N2O/c11-6-8-4-5-10(13)12(7-8)9-2-1-3-9/h8-9H,1-7,11H2. The average Bonchev–Trinajstić information content (AvgIpc) is 2.06. The highest BCUT2D eigenvalue weighted by Crippen LogP contribution is 2.29. The van der Waals surface area contributed by atoms with Gasteiger partial charge in [0.1, 0.15) is 0 Å². The number of carbonyl (C=O) groups excluding carboxylic acids is 1. The number of hydrogen-bond acceptors (Lipinski definition) is 2. The summed E-state index contributed by atoms with van der Waals surface area (Å²) < 4.78 is 0. The van der Waals surface area contributed by atoms with Crippen LogP contribution in [0.15, 0.2) is 0 Å². The zero-order valence-electron chi connectivity index (χ0n) is 8.04. The molecule has 0 bridgehead atoms. The largest absolute Gasteiger partial charge is 0.339 e. The summed E-state index contributed by atoms with van der Waals surface area (Å²) in [5.41, 5.74) is 5.63. The van der Waals surface area contributed by atoms with Gasteiger partial charge in [-0.05, 0) is 38.1 Å². The van der Waals surface area contributed by atoms with E-state index in [4.69, 9.17) is 5.73 Å². The lowest BCUT2D eigenvalue weighted by Crippen LogP contribution is -2.50. The van der Waals surface area contributed by atoms with Gasteiger partial charge in [-0.15, -0.1) is 0 Å². The van der Waals surface area contributed by atoms with Crippen LogP contribution in [0.4, 0.5) is 0 Å². The molecule has 2 aliphatic rings. The first kappa shape index (κ1) is 9.00. The van der Waals surface area contributed by atoms with Crippen LogP contribution in [0.25, 0.3) is 0 Å². The molecule has 1 aliphatic heterocycles. The number of piperidine rings is 1. The molecule has 1 saturated heterocycles. The van der Waals surface area contributed by atoms with Crippen LogP contribution in [0, 0.1) is 5.92 Å². The second kappa shape index (κ2) is 3.66. The molecule has 1 heterocycles. The fourth-order valence-corrected chi connectivity index (χ4v) is 2.19. The number of hydrogen-bond donors (Lipinski definition) is 1. The Morgan fingerprint density at radius 1 is 1.38 bits per heavy atom. The van der Waals surface area contributed by atoms with E-state index < -0.39 is 0 Å². The first-order chi connectivity index (χ1) is 6.31. The maximum atomic E-state index is 11.6. The van der Waals surface area contributed by atoms with Crippen molar-refractivity contribution in [3.8, 4) is 0 Å². The predicted octanol–water partition coefficient (Wildman–Crippen LogP) is 0.736. The minimum absolute atomic E-state index is 0.356. The lowest BCUT2D eigenvalue weighted by Gasteiger charge is -2.42. The molecule has 0 aromatic heterocycles. The summed E-state index contributed by atoms with van der Waals surface area (Å²) in [6, 6.07) is 0.557. The quantitative estimate of drug-likeness (QED) is 0.684. The SMILES string of the molecule is NCC1CCC(=O)N(C2CCC2)C1. The molecule has 13 heavy (non-hydrogen) atoms. The van der Waals surface area contributed by atoms with E-state index >= 15 is 0 Å². The molecule has 1 unspecified atom stereocenters. The predicted molar refractivity (Wildman–Crippen MR) is 51.1 cm³/mol. The van der Waals surface area contributed by atoms with Gasteiger partial charge in [-0.2, -0.15) is 0 Å². The molecule has 1 saturated carbocycles. The zero-order valence-corrected chi connectivity index (χ0v) is 8.04. The molecule has 1 aliphatic carbocycles. The van der Waals surface area contributed by atoms with Gasteiger partial charge in [0.05, 0.1) is 0 Å². The second-order valence-corrected chi connectivity index (χ2v) is 4.27. The Kier molecular flexibility index (Phi) is 2.54. The summed E-state index contributed by atoms with van der Waals surface area (Å²) in [4.78, 5) is 13.6. The molecule has 2 N–H and O–H groups in total. The van der Waals surface area contributed by atoms with Gasteiger partial charge in [0.2, 0.25) is 5.91 Å². The van der Waals surface area contributed by atoms with Crippen molar-refractivity contribution in [1.82, 2.24) is 4.90 Å². The number of carbonyl (C=O) groups is 1. The highest BCUT2D eigenvalue weighted by Gasteiger charge is 2.33. The Morgan fingerprint density at radius 3 is 2.69 bits per heavy atom. The maximum absolute atomic E-state index is 11.6. The molecule has 0 radical (unpaired) electrons. The lowest BCUT2D eigenvalue weighted by molar-refractivity contribution is -0.139. The molecule has 2 rings (SSSR count). The van der Waals surface area contributed by atoms with Crippen molar-refractivity contribution in [3.63, 3.8) is 0 Å². The third-order valence-corrected chi connectivity index (χ3v) is 3.39. The van der Waals surface area contributed by atoms with E-state index in [2.05, 4.69) is 4.90 Å². The summed E-state index contributed by atoms with van der Waals surface area (Å²) in [5.74, 6) is 0.910. The van der Waals surface area contributed by atoms with Crippen LogP contribution in [-0.2, 0) is 4.79 Å². The van der Waals surface area contributed by atoms with Crippen molar-refractivity contribution in [1.29, 1.82) is 0 Å². The van der Waals surface area contributed by atoms with Crippen LogP contribution < -0.4 is 5.73 Å². The number of amides is 1. The Labute approximate surface area is 79.3 Å². The van der Waals surface area contributed by atoms with Crippen LogP contribution >= 0.6 is 0 Å². The molecule has 74 valence electrons. The molecule has 1 atom stereocenters. The number of nitrogens with zero attached hydrogens (tertiary/aromatic N) is 1. The molecular weight excluding hydrogens is 164 g/mol. The van der Waals surface area contributed by atoms with Gasteiger partial charge in [-0.1, -0.05) is 0 Å². The van der Waals surface area contributed by atoms with Crippen LogP contribution in [0.5, 0.6) is 0 Å². The highest BCUT2D eigenvalue weighted by atomic mass is 16.2. The van der Waals surface area contributed by atoms with Crippen molar-refractivity contribution < 1.29 is 4.79 Å². The van der Waals surface area contributed by atoms with Crippen molar-refractivity contribution in [2.75, 3.05) is 13.1 Å². The van der Waals surface area contributed by atoms with Gasteiger partial charge in [0.25, 0.3) is 0 Å². The van der Waals surface area contributed by atoms with Crippen LogP contribution in [0.2, 0.25) is 0 Å². The highest BCUT2D eigenvalue weighted by molar-refractivity contribution is 5.77. The number of rotatable bonds is 2. The molecular formula is C10H18N2O. The fourth-order valence-electron chi connectivity index (χ4n) is 2.19. The summed E-state index contributed by atoms with van der Waals surface area (Å²) >= 11 is 0. The minimum atomic E-state index is 0.356. The van der Waals surface area contributed by atoms with Crippen LogP contribution in [0.3, 0.4) is 0 Å². The van der Waals surface area contributed by atoms with Crippen molar-refractivity contribution in [2.24, 2.45) is 11.7 Å². The van der Waals surface area contributed by atoms with Gasteiger partial charge < -0.3 is 10.6 Å². The first-order valence-corrected chi connectivity index (χ1v) is 5.31. The first-order valence-electron chi connectivity index (χ1n) is 5.31. The van der Waals surface area contributed by atoms with Crippen molar-refractivity contribution in [3.05, 3.63) is 0 Å². The summed E-state index contributed by atoms with van der Waals surface area (Å²) in [6.07, 6.45) is 5.44. The van der Waals surface area contributed by atoms with Crippen molar-refractivity contribution >= 4 is 5.91 Å². The van der Waals surface area contributed by atoms with Gasteiger partial charge >= 0.3 is 0 Å². The van der Waals surface area contributed by atoms with E-state index in [1.54, 1.807) is 0 Å². The molecule has 0 spiro atoms. The Hall–Kier alpha value is -0.570. The second-order valence-electron chi connectivity index (χ2n) is 4.27. The zero-order chi connectivity index (χ0) is 9.26. The third-order valence-electron chi connectivity index (χ3n) is 3.39. The molecule has 0 aromatic rings. The fraction of sp³-hybridized carbons (Fsp3) is 0.900. The molecule has 3 heteroatoms. The van der Waals surface area contributed by atoms with Crippen LogP contribution in [-0.4, -0.2) is 29.9 Å². The Morgan fingerprint density at radius 2 is 2.15 bits per heavy atom. The minimum Gasteiger partial charge on any atom is -0.339 e. The topological polar surface area (TPSA) is 46.3 Å². The van der Waals surface area contributed by atoms with E-state index in [9.17, 15) is 4.79 Å². The monoisotopic (exact) mass is 182 g/mol. The maximum Gasteiger partial charge on any atom is 0.222 e. The van der Waals surface area contributed by atoms with E-state index in [1.165, 1.54) is 19.3 Å². The smallest absolute Gasteiger partial charge is 0.222 e. The summed E-state index contributed by atoms with van der Waals surface area (Å²) in [5, 5.41) is 0. The Balaban J connectivity index is 1.94. The lowest BCUT2D eigenvalue weighted by atomic mass is 9.87. The molecule has 2 fully saturated rings. The molecule has 3 nitrogen and oxygen atoms in total. The molecule has 1 amide bonds. The van der Waals surface area contributed by atoms with E-state index in [0.717, 1.165) is 25.9 Å². The average molecular weight is 182 g/mol.